The van der Waals surface area contributed by atoms with Gasteiger partial charge in [-0.05, 0) is 66.1 Å². The van der Waals surface area contributed by atoms with Gasteiger partial charge in [0.25, 0.3) is 11.8 Å². The minimum absolute atomic E-state index is 0.224. The number of anilines is 1. The van der Waals surface area contributed by atoms with Crippen molar-refractivity contribution in [1.82, 2.24) is 10.3 Å². The van der Waals surface area contributed by atoms with Crippen LogP contribution in [0.1, 0.15) is 52.6 Å². The van der Waals surface area contributed by atoms with Crippen molar-refractivity contribution in [3.8, 4) is 0 Å². The molecule has 1 aliphatic heterocycles. The quantitative estimate of drug-likeness (QED) is 0.573. The number of nitrogens with zero attached hydrogens (tertiary/aromatic N) is 1. The Morgan fingerprint density at radius 1 is 1.00 bits per heavy atom. The summed E-state index contributed by atoms with van der Waals surface area (Å²) >= 11 is 0. The second kappa shape index (κ2) is 10.4. The summed E-state index contributed by atoms with van der Waals surface area (Å²) in [7, 11) is 0. The molecule has 2 amide bonds. The van der Waals surface area contributed by atoms with E-state index in [2.05, 4.69) is 22.5 Å². The lowest BCUT2D eigenvalue weighted by Crippen LogP contribution is -2.29. The van der Waals surface area contributed by atoms with Gasteiger partial charge < -0.3 is 15.4 Å². The van der Waals surface area contributed by atoms with E-state index in [1.54, 1.807) is 18.3 Å². The van der Waals surface area contributed by atoms with E-state index in [4.69, 9.17) is 4.74 Å². The number of aryl methyl sites for hydroxylation is 1. The van der Waals surface area contributed by atoms with Crippen molar-refractivity contribution in [3.05, 3.63) is 71.5 Å². The predicted molar refractivity (Wildman–Crippen MR) is 126 cm³/mol. The predicted octanol–water partition coefficient (Wildman–Crippen LogP) is 4.60. The van der Waals surface area contributed by atoms with E-state index >= 15 is 0 Å². The molecule has 2 N–H and O–H groups in total. The molecular formula is C26H29N3O3. The molecule has 6 heteroatoms. The Bertz CT molecular complexity index is 1110. The number of amides is 2. The van der Waals surface area contributed by atoms with Crippen molar-refractivity contribution in [2.24, 2.45) is 5.92 Å². The maximum Gasteiger partial charge on any atom is 0.272 e. The molecule has 1 aliphatic rings. The summed E-state index contributed by atoms with van der Waals surface area (Å²) in [5.74, 6) is 0.0404. The van der Waals surface area contributed by atoms with Crippen LogP contribution in [-0.4, -0.2) is 36.6 Å². The second-order valence-electron chi connectivity index (χ2n) is 8.13. The standard InChI is InChI=1S/C26H29N3O3/c1-2-19-9-10-22(21-7-4-3-6-20(19)21)25(30)29-23-8-5-14-27-24(23)26(31)28-15-11-18-12-16-32-17-13-18/h3-10,14,18H,2,11-13,15-17H2,1H3,(H,28,31)(H,29,30). The number of fused-ring (bicyclic) bond motifs is 1. The van der Waals surface area contributed by atoms with Crippen LogP contribution in [0.2, 0.25) is 0 Å². The summed E-state index contributed by atoms with van der Waals surface area (Å²) in [6.07, 6.45) is 5.44. The van der Waals surface area contributed by atoms with Gasteiger partial charge in [0.1, 0.15) is 0 Å². The number of rotatable bonds is 7. The van der Waals surface area contributed by atoms with Crippen molar-refractivity contribution in [2.75, 3.05) is 25.1 Å². The zero-order valence-electron chi connectivity index (χ0n) is 18.4. The summed E-state index contributed by atoms with van der Waals surface area (Å²) in [5, 5.41) is 7.82. The fourth-order valence-corrected chi connectivity index (χ4v) is 4.25. The number of aromatic nitrogens is 1. The number of carbonyl (C=O) groups is 2. The third kappa shape index (κ3) is 4.97. The average Bonchev–Trinajstić information content (AvgIpc) is 2.84. The third-order valence-electron chi connectivity index (χ3n) is 6.09. The molecule has 0 spiro atoms. The molecule has 1 saturated heterocycles. The highest BCUT2D eigenvalue weighted by atomic mass is 16.5. The van der Waals surface area contributed by atoms with Crippen LogP contribution < -0.4 is 10.6 Å². The van der Waals surface area contributed by atoms with Gasteiger partial charge in [0.2, 0.25) is 0 Å². The highest BCUT2D eigenvalue weighted by molar-refractivity contribution is 6.15. The fourth-order valence-electron chi connectivity index (χ4n) is 4.25. The smallest absolute Gasteiger partial charge is 0.272 e. The van der Waals surface area contributed by atoms with Crippen molar-refractivity contribution in [3.63, 3.8) is 0 Å². The van der Waals surface area contributed by atoms with Crippen molar-refractivity contribution < 1.29 is 14.3 Å². The first kappa shape index (κ1) is 22.0. The van der Waals surface area contributed by atoms with Crippen LogP contribution in [0.25, 0.3) is 10.8 Å². The molecule has 0 aliphatic carbocycles. The van der Waals surface area contributed by atoms with E-state index in [9.17, 15) is 9.59 Å². The van der Waals surface area contributed by atoms with E-state index in [0.29, 0.717) is 23.7 Å². The summed E-state index contributed by atoms with van der Waals surface area (Å²) in [6, 6.07) is 15.2. The SMILES string of the molecule is CCc1ccc(C(=O)Nc2cccnc2C(=O)NCCC2CCOCC2)c2ccccc12. The van der Waals surface area contributed by atoms with Gasteiger partial charge in [0.05, 0.1) is 5.69 Å². The number of carbonyl (C=O) groups excluding carboxylic acids is 2. The molecule has 0 unspecified atom stereocenters. The number of nitrogens with one attached hydrogen (secondary N) is 2. The Balaban J connectivity index is 1.48. The Kier molecular flexibility index (Phi) is 7.12. The topological polar surface area (TPSA) is 80.3 Å². The molecule has 1 fully saturated rings. The average molecular weight is 432 g/mol. The molecule has 1 aromatic heterocycles. The minimum Gasteiger partial charge on any atom is -0.381 e. The zero-order valence-corrected chi connectivity index (χ0v) is 18.4. The van der Waals surface area contributed by atoms with Crippen molar-refractivity contribution >= 4 is 28.3 Å². The highest BCUT2D eigenvalue weighted by Gasteiger charge is 2.18. The Morgan fingerprint density at radius 2 is 1.78 bits per heavy atom. The normalized spacial score (nSPS) is 14.3. The number of ether oxygens (including phenoxy) is 1. The van der Waals surface area contributed by atoms with Crippen LogP contribution in [0, 0.1) is 5.92 Å². The van der Waals surface area contributed by atoms with Gasteiger partial charge in [-0.3, -0.25) is 9.59 Å². The van der Waals surface area contributed by atoms with Gasteiger partial charge in [0, 0.05) is 31.5 Å². The molecule has 0 atom stereocenters. The maximum atomic E-state index is 13.1. The fraction of sp³-hybridized carbons (Fsp3) is 0.346. The summed E-state index contributed by atoms with van der Waals surface area (Å²) in [6.45, 7) is 4.27. The first-order valence-electron chi connectivity index (χ1n) is 11.3. The lowest BCUT2D eigenvalue weighted by atomic mass is 9.97. The zero-order chi connectivity index (χ0) is 22.3. The highest BCUT2D eigenvalue weighted by Crippen LogP contribution is 2.25. The van der Waals surface area contributed by atoms with Crippen molar-refractivity contribution in [1.29, 1.82) is 0 Å². The van der Waals surface area contributed by atoms with Crippen molar-refractivity contribution in [2.45, 2.75) is 32.6 Å². The molecule has 6 nitrogen and oxygen atoms in total. The largest absolute Gasteiger partial charge is 0.381 e. The van der Waals surface area contributed by atoms with Gasteiger partial charge >= 0.3 is 0 Å². The molecule has 3 aromatic rings. The van der Waals surface area contributed by atoms with Gasteiger partial charge in [-0.15, -0.1) is 0 Å². The van der Waals surface area contributed by atoms with Crippen LogP contribution >= 0.6 is 0 Å². The molecule has 0 bridgehead atoms. The molecular weight excluding hydrogens is 402 g/mol. The lowest BCUT2D eigenvalue weighted by Gasteiger charge is -2.21. The van der Waals surface area contributed by atoms with Crippen LogP contribution in [0.5, 0.6) is 0 Å². The van der Waals surface area contributed by atoms with Crippen LogP contribution in [0.3, 0.4) is 0 Å². The molecule has 32 heavy (non-hydrogen) atoms. The van der Waals surface area contributed by atoms with E-state index < -0.39 is 0 Å². The van der Waals surface area contributed by atoms with Crippen LogP contribution in [-0.2, 0) is 11.2 Å². The van der Waals surface area contributed by atoms with E-state index in [0.717, 1.165) is 49.7 Å². The lowest BCUT2D eigenvalue weighted by molar-refractivity contribution is 0.0636. The van der Waals surface area contributed by atoms with Gasteiger partial charge in [-0.2, -0.15) is 0 Å². The van der Waals surface area contributed by atoms with Gasteiger partial charge in [0.15, 0.2) is 5.69 Å². The Morgan fingerprint density at radius 3 is 2.56 bits per heavy atom. The number of hydrogen-bond donors (Lipinski definition) is 2. The Hall–Kier alpha value is -3.25. The van der Waals surface area contributed by atoms with E-state index in [1.807, 2.05) is 36.4 Å². The molecule has 2 aromatic carbocycles. The van der Waals surface area contributed by atoms with Crippen LogP contribution in [0.15, 0.2) is 54.7 Å². The molecule has 0 radical (unpaired) electrons. The first-order chi connectivity index (χ1) is 15.7. The first-order valence-corrected chi connectivity index (χ1v) is 11.3. The van der Waals surface area contributed by atoms with E-state index in [-0.39, 0.29) is 17.5 Å². The van der Waals surface area contributed by atoms with Gasteiger partial charge in [-0.1, -0.05) is 37.3 Å². The number of benzene rings is 2. The molecule has 166 valence electrons. The molecule has 2 heterocycles. The monoisotopic (exact) mass is 431 g/mol. The van der Waals surface area contributed by atoms with Gasteiger partial charge in [-0.25, -0.2) is 4.98 Å². The van der Waals surface area contributed by atoms with Crippen LogP contribution in [0.4, 0.5) is 5.69 Å². The summed E-state index contributed by atoms with van der Waals surface area (Å²) in [5.41, 5.74) is 2.41. The Labute approximate surface area is 188 Å². The maximum absolute atomic E-state index is 13.1. The third-order valence-corrected chi connectivity index (χ3v) is 6.09. The molecule has 4 rings (SSSR count). The number of pyridine rings is 1. The number of hydrogen-bond acceptors (Lipinski definition) is 4. The van der Waals surface area contributed by atoms with E-state index in [1.165, 1.54) is 5.56 Å². The molecule has 0 saturated carbocycles. The summed E-state index contributed by atoms with van der Waals surface area (Å²) < 4.78 is 5.39. The second-order valence-corrected chi connectivity index (χ2v) is 8.13. The summed E-state index contributed by atoms with van der Waals surface area (Å²) in [4.78, 5) is 30.1. The minimum atomic E-state index is -0.279.